The quantitative estimate of drug-likeness (QED) is 0.301. The van der Waals surface area contributed by atoms with Crippen LogP contribution in [0.2, 0.25) is 0 Å². The number of hydrogen-bond donors (Lipinski definition) is 0. The van der Waals surface area contributed by atoms with Crippen LogP contribution in [0.5, 0.6) is 5.75 Å². The van der Waals surface area contributed by atoms with E-state index in [1.54, 1.807) is 31.4 Å². The maximum atomic E-state index is 13.3. The van der Waals surface area contributed by atoms with E-state index in [1.807, 2.05) is 34.9 Å². The Kier molecular flexibility index (Phi) is 5.71. The molecule has 0 N–H and O–H groups in total. The Hall–Kier alpha value is -3.33. The first kappa shape index (κ1) is 20.0. The fourth-order valence-electron chi connectivity index (χ4n) is 3.01. The molecular weight excluding hydrogens is 408 g/mol. The van der Waals surface area contributed by atoms with Crippen molar-refractivity contribution in [3.05, 3.63) is 67.0 Å². The molecule has 0 fully saturated rings. The predicted octanol–water partition coefficient (Wildman–Crippen LogP) is 5.17. The van der Waals surface area contributed by atoms with Gasteiger partial charge >= 0.3 is 0 Å². The van der Waals surface area contributed by atoms with Crippen LogP contribution in [0.1, 0.15) is 12.2 Å². The third-order valence-corrected chi connectivity index (χ3v) is 5.33. The fraction of sp³-hybridized carbons (Fsp3) is 0.143. The van der Waals surface area contributed by atoms with E-state index in [1.165, 1.54) is 0 Å². The number of rotatable bonds is 7. The van der Waals surface area contributed by atoms with E-state index in [9.17, 15) is 8.78 Å². The Labute approximate surface area is 175 Å². The van der Waals surface area contributed by atoms with Crippen molar-refractivity contribution >= 4 is 22.7 Å². The molecule has 0 atom stereocenters. The number of ether oxygens (including phenoxy) is 1. The van der Waals surface area contributed by atoms with E-state index in [2.05, 4.69) is 26.7 Å². The molecule has 0 saturated carbocycles. The lowest BCUT2D eigenvalue weighted by atomic mass is 10.2. The zero-order chi connectivity index (χ0) is 21.1. The van der Waals surface area contributed by atoms with E-state index < -0.39 is 12.2 Å². The third-order valence-electron chi connectivity index (χ3n) is 4.35. The van der Waals surface area contributed by atoms with Crippen LogP contribution in [0.3, 0.4) is 0 Å². The second kappa shape index (κ2) is 8.58. The number of aromatic nitrogens is 5. The number of benzene rings is 2. The Morgan fingerprint density at radius 1 is 1.10 bits per heavy atom. The maximum Gasteiger partial charge on any atom is 0.297 e. The molecule has 0 unspecified atom stereocenters. The number of methoxy groups -OCH3 is 1. The molecule has 2 aromatic carbocycles. The average molecular weight is 425 g/mol. The number of hydrogen-bond acceptors (Lipinski definition) is 6. The highest BCUT2D eigenvalue weighted by Crippen LogP contribution is 2.35. The van der Waals surface area contributed by atoms with E-state index in [-0.39, 0.29) is 0 Å². The first-order chi connectivity index (χ1) is 14.6. The minimum Gasteiger partial charge on any atom is -0.496 e. The van der Waals surface area contributed by atoms with E-state index in [0.29, 0.717) is 39.2 Å². The van der Waals surface area contributed by atoms with Gasteiger partial charge in [0.1, 0.15) is 10.8 Å². The van der Waals surface area contributed by atoms with Crippen molar-refractivity contribution in [2.24, 2.45) is 0 Å². The molecule has 30 heavy (non-hydrogen) atoms. The Morgan fingerprint density at radius 2 is 1.87 bits per heavy atom. The summed E-state index contributed by atoms with van der Waals surface area (Å²) in [4.78, 5) is 8.04. The van der Waals surface area contributed by atoms with Gasteiger partial charge < -0.3 is 4.74 Å². The summed E-state index contributed by atoms with van der Waals surface area (Å²) in [7, 11) is 1.58. The molecule has 4 aromatic rings. The highest BCUT2D eigenvalue weighted by atomic mass is 32.2. The molecule has 9 heteroatoms. The molecule has 0 spiro atoms. The Bertz CT molecular complexity index is 1210. The lowest BCUT2D eigenvalue weighted by molar-refractivity contribution is 0.140. The highest BCUT2D eigenvalue weighted by molar-refractivity contribution is 7.99. The van der Waals surface area contributed by atoms with Gasteiger partial charge in [-0.25, -0.2) is 18.7 Å². The van der Waals surface area contributed by atoms with E-state index in [4.69, 9.17) is 4.74 Å². The molecule has 2 aromatic heterocycles. The van der Waals surface area contributed by atoms with Gasteiger partial charge in [0.05, 0.1) is 18.2 Å². The molecule has 0 amide bonds. The summed E-state index contributed by atoms with van der Waals surface area (Å²) in [6.45, 7) is 4.23. The van der Waals surface area contributed by atoms with Crippen LogP contribution in [0.4, 0.5) is 8.78 Å². The van der Waals surface area contributed by atoms with Crippen molar-refractivity contribution in [1.82, 2.24) is 24.7 Å². The molecule has 4 rings (SSSR count). The van der Waals surface area contributed by atoms with E-state index >= 15 is 0 Å². The number of fused-ring (bicyclic) bond motifs is 1. The zero-order valence-electron chi connectivity index (χ0n) is 16.0. The summed E-state index contributed by atoms with van der Waals surface area (Å²) in [6, 6.07) is 14.5. The van der Waals surface area contributed by atoms with Crippen LogP contribution >= 0.6 is 11.8 Å². The van der Waals surface area contributed by atoms with Crippen molar-refractivity contribution in [3.63, 3.8) is 0 Å². The van der Waals surface area contributed by atoms with Crippen LogP contribution in [-0.4, -0.2) is 31.8 Å². The number of para-hydroxylation sites is 2. The van der Waals surface area contributed by atoms with Gasteiger partial charge in [-0.15, -0.1) is 16.8 Å². The van der Waals surface area contributed by atoms with Gasteiger partial charge in [0.25, 0.3) is 6.43 Å². The Morgan fingerprint density at radius 3 is 2.63 bits per heavy atom. The number of alkyl halides is 2. The molecule has 0 aliphatic rings. The highest BCUT2D eigenvalue weighted by Gasteiger charge is 2.21. The summed E-state index contributed by atoms with van der Waals surface area (Å²) in [5.74, 6) is 0.720. The lowest BCUT2D eigenvalue weighted by Crippen LogP contribution is -2.03. The first-order valence-electron chi connectivity index (χ1n) is 9.02. The molecule has 0 aliphatic carbocycles. The van der Waals surface area contributed by atoms with Crippen molar-refractivity contribution in [1.29, 1.82) is 0 Å². The minimum absolute atomic E-state index is 0.389. The van der Waals surface area contributed by atoms with Crippen LogP contribution in [0.15, 0.2) is 71.4 Å². The summed E-state index contributed by atoms with van der Waals surface area (Å²) in [5, 5.41) is 10.2. The van der Waals surface area contributed by atoms with Crippen molar-refractivity contribution < 1.29 is 13.5 Å². The average Bonchev–Trinajstić information content (AvgIpc) is 3.15. The minimum atomic E-state index is -2.77. The fourth-order valence-corrected chi connectivity index (χ4v) is 3.96. The lowest BCUT2D eigenvalue weighted by Gasteiger charge is -2.11. The normalized spacial score (nSPS) is 11.2. The van der Waals surface area contributed by atoms with Crippen molar-refractivity contribution in [3.8, 4) is 17.1 Å². The summed E-state index contributed by atoms with van der Waals surface area (Å²) >= 11 is 1.16. The van der Waals surface area contributed by atoms with Crippen LogP contribution in [0, 0.1) is 0 Å². The molecular formula is C21H17F2N5OS. The molecule has 0 bridgehead atoms. The van der Waals surface area contributed by atoms with Gasteiger partial charge in [-0.1, -0.05) is 36.4 Å². The molecule has 2 heterocycles. The van der Waals surface area contributed by atoms with Crippen molar-refractivity contribution in [2.75, 3.05) is 7.11 Å². The molecule has 0 saturated heterocycles. The summed E-state index contributed by atoms with van der Waals surface area (Å²) in [6.07, 6.45) is -1.06. The third kappa shape index (κ3) is 3.76. The second-order valence-electron chi connectivity index (χ2n) is 6.21. The zero-order valence-corrected chi connectivity index (χ0v) is 16.8. The first-order valence-corrected chi connectivity index (χ1v) is 9.84. The largest absolute Gasteiger partial charge is 0.496 e. The smallest absolute Gasteiger partial charge is 0.297 e. The maximum absolute atomic E-state index is 13.3. The van der Waals surface area contributed by atoms with Gasteiger partial charge in [-0.3, -0.25) is 4.57 Å². The SMILES string of the molecule is C=CCn1c(Sc2nc(C(F)F)nc3ccccc23)nnc1-c1ccccc1OC. The molecule has 152 valence electrons. The van der Waals surface area contributed by atoms with Gasteiger partial charge in [-0.05, 0) is 30.0 Å². The predicted molar refractivity (Wildman–Crippen MR) is 111 cm³/mol. The van der Waals surface area contributed by atoms with Gasteiger partial charge in [0.2, 0.25) is 0 Å². The van der Waals surface area contributed by atoms with Gasteiger partial charge in [0, 0.05) is 11.9 Å². The number of allylic oxidation sites excluding steroid dienone is 1. The molecule has 6 nitrogen and oxygen atoms in total. The topological polar surface area (TPSA) is 65.7 Å². The molecule has 0 aliphatic heterocycles. The van der Waals surface area contributed by atoms with Gasteiger partial charge in [-0.2, -0.15) is 0 Å². The second-order valence-corrected chi connectivity index (χ2v) is 7.17. The van der Waals surface area contributed by atoms with Crippen LogP contribution < -0.4 is 4.74 Å². The molecule has 0 radical (unpaired) electrons. The number of nitrogens with zero attached hydrogens (tertiary/aromatic N) is 5. The monoisotopic (exact) mass is 425 g/mol. The summed E-state index contributed by atoms with van der Waals surface area (Å²) in [5.41, 5.74) is 1.21. The van der Waals surface area contributed by atoms with Gasteiger partial charge in [0.15, 0.2) is 16.8 Å². The Balaban J connectivity index is 1.83. The van der Waals surface area contributed by atoms with E-state index in [0.717, 1.165) is 17.3 Å². The number of halogens is 2. The van der Waals surface area contributed by atoms with Crippen LogP contribution in [-0.2, 0) is 6.54 Å². The van der Waals surface area contributed by atoms with Crippen LogP contribution in [0.25, 0.3) is 22.3 Å². The van der Waals surface area contributed by atoms with Crippen molar-refractivity contribution in [2.45, 2.75) is 23.2 Å². The standard InChI is InChI=1S/C21H17F2N5OS/c1-3-12-28-19(14-9-5-7-11-16(14)29-2)26-27-21(28)30-20-13-8-4-6-10-15(13)24-18(25-20)17(22)23/h3-11,17H,1,12H2,2H3. The summed E-state index contributed by atoms with van der Waals surface area (Å²) < 4.78 is 33.9.